The van der Waals surface area contributed by atoms with Crippen molar-refractivity contribution in [2.75, 3.05) is 5.32 Å². The van der Waals surface area contributed by atoms with E-state index in [2.05, 4.69) is 67.7 Å². The van der Waals surface area contributed by atoms with E-state index in [4.69, 9.17) is 0 Å². The second-order valence-corrected chi connectivity index (χ2v) is 4.09. The SMILES string of the molecule is Cc1ccccc1NC(C)c1ccccc1. The third-order valence-corrected chi connectivity index (χ3v) is 2.82. The maximum Gasteiger partial charge on any atom is 0.0485 e. The van der Waals surface area contributed by atoms with E-state index in [-0.39, 0.29) is 0 Å². The average Bonchev–Trinajstić information content (AvgIpc) is 2.33. The molecule has 0 amide bonds. The number of benzene rings is 2. The van der Waals surface area contributed by atoms with Crippen LogP contribution < -0.4 is 5.32 Å². The van der Waals surface area contributed by atoms with E-state index in [1.54, 1.807) is 0 Å². The first-order valence-electron chi connectivity index (χ1n) is 5.64. The average molecular weight is 211 g/mol. The first kappa shape index (κ1) is 10.7. The molecule has 0 aliphatic carbocycles. The predicted molar refractivity (Wildman–Crippen MR) is 69.7 cm³/mol. The summed E-state index contributed by atoms with van der Waals surface area (Å²) >= 11 is 0. The van der Waals surface area contributed by atoms with E-state index in [0.717, 1.165) is 0 Å². The van der Waals surface area contributed by atoms with Crippen LogP contribution >= 0.6 is 0 Å². The zero-order valence-corrected chi connectivity index (χ0v) is 9.77. The van der Waals surface area contributed by atoms with Gasteiger partial charge in [-0.05, 0) is 31.0 Å². The van der Waals surface area contributed by atoms with Gasteiger partial charge in [0.25, 0.3) is 0 Å². The van der Waals surface area contributed by atoms with Gasteiger partial charge in [-0.1, -0.05) is 48.5 Å². The fourth-order valence-electron chi connectivity index (χ4n) is 1.79. The summed E-state index contributed by atoms with van der Waals surface area (Å²) in [6, 6.07) is 19.2. The van der Waals surface area contributed by atoms with Gasteiger partial charge >= 0.3 is 0 Å². The van der Waals surface area contributed by atoms with Crippen LogP contribution in [0.5, 0.6) is 0 Å². The lowest BCUT2D eigenvalue weighted by molar-refractivity contribution is 0.883. The largest absolute Gasteiger partial charge is 0.378 e. The van der Waals surface area contributed by atoms with Gasteiger partial charge in [-0.25, -0.2) is 0 Å². The number of aryl methyl sites for hydroxylation is 1. The molecule has 0 aliphatic heterocycles. The van der Waals surface area contributed by atoms with Crippen LogP contribution in [0.15, 0.2) is 54.6 Å². The van der Waals surface area contributed by atoms with Gasteiger partial charge in [0.15, 0.2) is 0 Å². The van der Waals surface area contributed by atoms with Gasteiger partial charge in [-0.2, -0.15) is 0 Å². The maximum atomic E-state index is 3.53. The van der Waals surface area contributed by atoms with Crippen molar-refractivity contribution in [3.8, 4) is 0 Å². The molecule has 0 fully saturated rings. The molecule has 2 aromatic rings. The molecule has 1 atom stereocenters. The maximum absolute atomic E-state index is 3.53. The Kier molecular flexibility index (Phi) is 3.25. The molecule has 0 spiro atoms. The molecule has 0 radical (unpaired) electrons. The molecule has 2 aromatic carbocycles. The molecule has 16 heavy (non-hydrogen) atoms. The Bertz CT molecular complexity index is 448. The minimum atomic E-state index is 0.335. The third-order valence-electron chi connectivity index (χ3n) is 2.82. The second kappa shape index (κ2) is 4.84. The highest BCUT2D eigenvalue weighted by atomic mass is 14.9. The van der Waals surface area contributed by atoms with Crippen molar-refractivity contribution in [2.24, 2.45) is 0 Å². The van der Waals surface area contributed by atoms with Gasteiger partial charge in [0.05, 0.1) is 0 Å². The summed E-state index contributed by atoms with van der Waals surface area (Å²) in [7, 11) is 0. The Morgan fingerprint density at radius 1 is 0.875 bits per heavy atom. The fraction of sp³-hybridized carbons (Fsp3) is 0.200. The lowest BCUT2D eigenvalue weighted by Crippen LogP contribution is -2.07. The first-order valence-corrected chi connectivity index (χ1v) is 5.64. The van der Waals surface area contributed by atoms with Crippen LogP contribution in [0.25, 0.3) is 0 Å². The molecule has 2 rings (SSSR count). The Balaban J connectivity index is 2.14. The molecule has 82 valence electrons. The molecule has 1 N–H and O–H groups in total. The molecule has 1 unspecified atom stereocenters. The van der Waals surface area contributed by atoms with Gasteiger partial charge in [0, 0.05) is 11.7 Å². The van der Waals surface area contributed by atoms with E-state index in [1.165, 1.54) is 16.8 Å². The molecular weight excluding hydrogens is 194 g/mol. The van der Waals surface area contributed by atoms with Crippen LogP contribution in [-0.4, -0.2) is 0 Å². The van der Waals surface area contributed by atoms with Crippen molar-refractivity contribution in [3.05, 3.63) is 65.7 Å². The summed E-state index contributed by atoms with van der Waals surface area (Å²) in [5.74, 6) is 0. The van der Waals surface area contributed by atoms with Crippen LogP contribution in [-0.2, 0) is 0 Å². The van der Waals surface area contributed by atoms with E-state index < -0.39 is 0 Å². The van der Waals surface area contributed by atoms with Gasteiger partial charge < -0.3 is 5.32 Å². The first-order chi connectivity index (χ1) is 7.77. The van der Waals surface area contributed by atoms with Crippen molar-refractivity contribution in [1.82, 2.24) is 0 Å². The quantitative estimate of drug-likeness (QED) is 0.803. The summed E-state index contributed by atoms with van der Waals surface area (Å²) in [5.41, 5.74) is 3.80. The van der Waals surface area contributed by atoms with Crippen molar-refractivity contribution in [2.45, 2.75) is 19.9 Å². The van der Waals surface area contributed by atoms with E-state index in [0.29, 0.717) is 6.04 Å². The zero-order valence-electron chi connectivity index (χ0n) is 9.77. The Morgan fingerprint density at radius 2 is 1.50 bits per heavy atom. The molecule has 0 saturated carbocycles. The number of hydrogen-bond donors (Lipinski definition) is 1. The van der Waals surface area contributed by atoms with Gasteiger partial charge in [0.2, 0.25) is 0 Å². The summed E-state index contributed by atoms with van der Waals surface area (Å²) in [5, 5.41) is 3.53. The molecule has 1 nitrogen and oxygen atoms in total. The lowest BCUT2D eigenvalue weighted by Gasteiger charge is -2.17. The highest BCUT2D eigenvalue weighted by Gasteiger charge is 2.05. The van der Waals surface area contributed by atoms with Crippen molar-refractivity contribution >= 4 is 5.69 Å². The number of para-hydroxylation sites is 1. The van der Waals surface area contributed by atoms with Crippen molar-refractivity contribution in [1.29, 1.82) is 0 Å². The Morgan fingerprint density at radius 3 is 2.19 bits per heavy atom. The molecule has 0 aliphatic rings. The molecule has 0 bridgehead atoms. The highest BCUT2D eigenvalue weighted by Crippen LogP contribution is 2.21. The Hall–Kier alpha value is -1.76. The number of anilines is 1. The van der Waals surface area contributed by atoms with E-state index in [1.807, 2.05) is 6.07 Å². The molecule has 0 aromatic heterocycles. The van der Waals surface area contributed by atoms with E-state index in [9.17, 15) is 0 Å². The van der Waals surface area contributed by atoms with Gasteiger partial charge in [-0.15, -0.1) is 0 Å². The van der Waals surface area contributed by atoms with Crippen LogP contribution in [0.4, 0.5) is 5.69 Å². The molecular formula is C15H17N. The summed E-state index contributed by atoms with van der Waals surface area (Å²) in [6.07, 6.45) is 0. The normalized spacial score (nSPS) is 12.1. The molecule has 0 saturated heterocycles. The van der Waals surface area contributed by atoms with Gasteiger partial charge in [0.1, 0.15) is 0 Å². The van der Waals surface area contributed by atoms with Crippen LogP contribution in [0, 0.1) is 6.92 Å². The van der Waals surface area contributed by atoms with Crippen LogP contribution in [0.3, 0.4) is 0 Å². The minimum Gasteiger partial charge on any atom is -0.378 e. The van der Waals surface area contributed by atoms with Crippen molar-refractivity contribution in [3.63, 3.8) is 0 Å². The monoisotopic (exact) mass is 211 g/mol. The number of rotatable bonds is 3. The van der Waals surface area contributed by atoms with Crippen LogP contribution in [0.1, 0.15) is 24.1 Å². The fourth-order valence-corrected chi connectivity index (χ4v) is 1.79. The number of hydrogen-bond acceptors (Lipinski definition) is 1. The molecule has 1 heteroatoms. The highest BCUT2D eigenvalue weighted by molar-refractivity contribution is 5.51. The Labute approximate surface area is 97.1 Å². The topological polar surface area (TPSA) is 12.0 Å². The zero-order chi connectivity index (χ0) is 11.4. The smallest absolute Gasteiger partial charge is 0.0485 e. The summed E-state index contributed by atoms with van der Waals surface area (Å²) < 4.78 is 0. The second-order valence-electron chi connectivity index (χ2n) is 4.09. The molecule has 0 heterocycles. The van der Waals surface area contributed by atoms with Gasteiger partial charge in [-0.3, -0.25) is 0 Å². The third kappa shape index (κ3) is 2.43. The van der Waals surface area contributed by atoms with E-state index >= 15 is 0 Å². The summed E-state index contributed by atoms with van der Waals surface area (Å²) in [4.78, 5) is 0. The minimum absolute atomic E-state index is 0.335. The van der Waals surface area contributed by atoms with Crippen molar-refractivity contribution < 1.29 is 0 Å². The summed E-state index contributed by atoms with van der Waals surface area (Å²) in [6.45, 7) is 4.31. The predicted octanol–water partition coefficient (Wildman–Crippen LogP) is 4.17. The number of nitrogens with one attached hydrogen (secondary N) is 1. The van der Waals surface area contributed by atoms with Crippen LogP contribution in [0.2, 0.25) is 0 Å². The lowest BCUT2D eigenvalue weighted by atomic mass is 10.1. The standard InChI is InChI=1S/C15H17N/c1-12-8-6-7-11-15(12)16-13(2)14-9-4-3-5-10-14/h3-11,13,16H,1-2H3.